The van der Waals surface area contributed by atoms with Gasteiger partial charge in [-0.25, -0.2) is 9.97 Å². The van der Waals surface area contributed by atoms with Crippen molar-refractivity contribution in [1.29, 1.82) is 0 Å². The predicted octanol–water partition coefficient (Wildman–Crippen LogP) is 2.02. The van der Waals surface area contributed by atoms with Crippen molar-refractivity contribution >= 4 is 11.6 Å². The van der Waals surface area contributed by atoms with Crippen LogP contribution in [0.1, 0.15) is 39.9 Å². The lowest BCUT2D eigenvalue weighted by Crippen LogP contribution is -2.21. The van der Waals surface area contributed by atoms with Gasteiger partial charge in [-0.2, -0.15) is 0 Å². The minimum atomic E-state index is -0.459. The van der Waals surface area contributed by atoms with E-state index in [2.05, 4.69) is 41.4 Å². The van der Waals surface area contributed by atoms with Crippen molar-refractivity contribution in [3.05, 3.63) is 11.9 Å². The van der Waals surface area contributed by atoms with Gasteiger partial charge < -0.3 is 20.5 Å². The minimum Gasteiger partial charge on any atom is -0.391 e. The van der Waals surface area contributed by atoms with Crippen LogP contribution < -0.4 is 10.6 Å². The molecule has 0 spiro atoms. The Labute approximate surface area is 127 Å². The molecule has 6 heteroatoms. The maximum atomic E-state index is 9.64. The van der Waals surface area contributed by atoms with Gasteiger partial charge in [-0.15, -0.1) is 0 Å². The van der Waals surface area contributed by atoms with Crippen LogP contribution in [0, 0.1) is 0 Å². The number of hydrogen-bond donors (Lipinski definition) is 3. The molecule has 0 aromatic carbocycles. The van der Waals surface area contributed by atoms with Gasteiger partial charge in [0.15, 0.2) is 0 Å². The van der Waals surface area contributed by atoms with Crippen LogP contribution in [0.5, 0.6) is 0 Å². The van der Waals surface area contributed by atoms with Crippen molar-refractivity contribution in [3.63, 3.8) is 0 Å². The van der Waals surface area contributed by atoms with Crippen molar-refractivity contribution in [3.8, 4) is 0 Å². The Morgan fingerprint density at radius 1 is 1.24 bits per heavy atom. The summed E-state index contributed by atoms with van der Waals surface area (Å²) in [5, 5.41) is 16.1. The number of nitrogens with zero attached hydrogens (tertiary/aromatic N) is 2. The molecule has 0 saturated carbocycles. The number of ether oxygens (including phenoxy) is 1. The molecule has 0 amide bonds. The molecule has 21 heavy (non-hydrogen) atoms. The van der Waals surface area contributed by atoms with Crippen molar-refractivity contribution in [2.45, 2.75) is 45.6 Å². The maximum absolute atomic E-state index is 9.64. The van der Waals surface area contributed by atoms with Crippen molar-refractivity contribution in [2.24, 2.45) is 0 Å². The third kappa shape index (κ3) is 6.27. The normalized spacial score (nSPS) is 13.0. The van der Waals surface area contributed by atoms with Crippen molar-refractivity contribution < 1.29 is 9.84 Å². The molecular weight excluding hydrogens is 268 g/mol. The summed E-state index contributed by atoms with van der Waals surface area (Å²) in [6.07, 6.45) is 0.152. The fourth-order valence-corrected chi connectivity index (χ4v) is 1.79. The van der Waals surface area contributed by atoms with Gasteiger partial charge in [-0.1, -0.05) is 20.8 Å². The van der Waals surface area contributed by atoms with E-state index < -0.39 is 6.10 Å². The largest absolute Gasteiger partial charge is 0.391 e. The van der Waals surface area contributed by atoms with Crippen LogP contribution >= 0.6 is 0 Å². The molecule has 1 atom stereocenters. The van der Waals surface area contributed by atoms with E-state index in [1.54, 1.807) is 7.11 Å². The van der Waals surface area contributed by atoms with Crippen LogP contribution in [-0.4, -0.2) is 48.0 Å². The van der Waals surface area contributed by atoms with Crippen molar-refractivity contribution in [1.82, 2.24) is 9.97 Å². The van der Waals surface area contributed by atoms with Gasteiger partial charge >= 0.3 is 0 Å². The molecule has 0 aliphatic rings. The van der Waals surface area contributed by atoms with Gasteiger partial charge in [-0.3, -0.25) is 0 Å². The molecule has 1 rings (SSSR count). The average Bonchev–Trinajstić information content (AvgIpc) is 2.38. The Balaban J connectivity index is 2.74. The highest BCUT2D eigenvalue weighted by atomic mass is 16.5. The lowest BCUT2D eigenvalue weighted by atomic mass is 9.96. The molecule has 0 aliphatic heterocycles. The minimum absolute atomic E-state index is 0.114. The van der Waals surface area contributed by atoms with Gasteiger partial charge in [0.2, 0.25) is 0 Å². The van der Waals surface area contributed by atoms with Gasteiger partial charge in [0.1, 0.15) is 17.5 Å². The van der Waals surface area contributed by atoms with Crippen LogP contribution in [0.25, 0.3) is 0 Å². The summed E-state index contributed by atoms with van der Waals surface area (Å²) in [7, 11) is 1.58. The number of anilines is 2. The Morgan fingerprint density at radius 2 is 1.86 bits per heavy atom. The Kier molecular flexibility index (Phi) is 6.84. The van der Waals surface area contributed by atoms with Crippen molar-refractivity contribution in [2.75, 3.05) is 37.4 Å². The van der Waals surface area contributed by atoms with E-state index in [9.17, 15) is 5.11 Å². The monoisotopic (exact) mass is 296 g/mol. The number of rotatable bonds is 8. The molecule has 6 nitrogen and oxygen atoms in total. The standard InChI is InChI=1S/C15H28N4O2/c1-6-16-12-9-13(17-8-7-11(20)10-21-5)19-14(18-12)15(2,3)4/h9,11,20H,6-8,10H2,1-5H3,(H2,16,17,18,19). The second-order valence-electron chi connectivity index (χ2n) is 6.07. The average molecular weight is 296 g/mol. The lowest BCUT2D eigenvalue weighted by molar-refractivity contribution is 0.0615. The summed E-state index contributed by atoms with van der Waals surface area (Å²) in [6.45, 7) is 10.1. The number of hydrogen-bond acceptors (Lipinski definition) is 6. The SMILES string of the molecule is CCNc1cc(NCCC(O)COC)nc(C(C)(C)C)n1. The summed E-state index contributed by atoms with van der Waals surface area (Å²) in [6, 6.07) is 1.89. The van der Waals surface area contributed by atoms with E-state index in [4.69, 9.17) is 4.74 Å². The molecule has 0 fully saturated rings. The second kappa shape index (κ2) is 8.14. The number of aliphatic hydroxyl groups is 1. The lowest BCUT2D eigenvalue weighted by Gasteiger charge is -2.19. The van der Waals surface area contributed by atoms with Crippen LogP contribution in [0.15, 0.2) is 6.07 Å². The quantitative estimate of drug-likeness (QED) is 0.681. The molecule has 1 aromatic rings. The Hall–Kier alpha value is -1.40. The first kappa shape index (κ1) is 17.7. The molecule has 0 aliphatic carbocycles. The van der Waals surface area contributed by atoms with Gasteiger partial charge in [0.25, 0.3) is 0 Å². The van der Waals surface area contributed by atoms with E-state index >= 15 is 0 Å². The molecule has 0 radical (unpaired) electrons. The zero-order chi connectivity index (χ0) is 15.9. The summed E-state index contributed by atoms with van der Waals surface area (Å²) in [5.41, 5.74) is -0.114. The van der Waals surface area contributed by atoms with E-state index in [0.29, 0.717) is 19.6 Å². The zero-order valence-electron chi connectivity index (χ0n) is 13.7. The van der Waals surface area contributed by atoms with E-state index in [0.717, 1.165) is 24.0 Å². The maximum Gasteiger partial charge on any atom is 0.138 e. The number of aromatic nitrogens is 2. The third-order valence-electron chi connectivity index (χ3n) is 2.90. The first-order valence-electron chi connectivity index (χ1n) is 7.41. The summed E-state index contributed by atoms with van der Waals surface area (Å²) >= 11 is 0. The third-order valence-corrected chi connectivity index (χ3v) is 2.90. The van der Waals surface area contributed by atoms with E-state index in [1.807, 2.05) is 13.0 Å². The number of nitrogens with one attached hydrogen (secondary N) is 2. The van der Waals surface area contributed by atoms with Crippen LogP contribution in [0.4, 0.5) is 11.6 Å². The van der Waals surface area contributed by atoms with Gasteiger partial charge in [-0.05, 0) is 13.3 Å². The van der Waals surface area contributed by atoms with Gasteiger partial charge in [0, 0.05) is 31.7 Å². The molecule has 1 heterocycles. The van der Waals surface area contributed by atoms with Crippen LogP contribution in [0.3, 0.4) is 0 Å². The highest BCUT2D eigenvalue weighted by Gasteiger charge is 2.19. The first-order chi connectivity index (χ1) is 9.86. The molecule has 1 unspecified atom stereocenters. The summed E-state index contributed by atoms with van der Waals surface area (Å²) in [4.78, 5) is 9.09. The van der Waals surface area contributed by atoms with E-state index in [1.165, 1.54) is 0 Å². The highest BCUT2D eigenvalue weighted by molar-refractivity contribution is 5.48. The molecule has 1 aromatic heterocycles. The first-order valence-corrected chi connectivity index (χ1v) is 7.41. The Morgan fingerprint density at radius 3 is 2.38 bits per heavy atom. The highest BCUT2D eigenvalue weighted by Crippen LogP contribution is 2.22. The van der Waals surface area contributed by atoms with Gasteiger partial charge in [0.05, 0.1) is 12.7 Å². The zero-order valence-corrected chi connectivity index (χ0v) is 13.7. The molecule has 0 bridgehead atoms. The smallest absolute Gasteiger partial charge is 0.138 e. The Bertz CT molecular complexity index is 432. The van der Waals surface area contributed by atoms with E-state index in [-0.39, 0.29) is 5.41 Å². The summed E-state index contributed by atoms with van der Waals surface area (Å²) in [5.74, 6) is 2.38. The molecule has 0 saturated heterocycles. The summed E-state index contributed by atoms with van der Waals surface area (Å²) < 4.78 is 4.91. The second-order valence-corrected chi connectivity index (χ2v) is 6.07. The molecular formula is C15H28N4O2. The molecule has 3 N–H and O–H groups in total. The topological polar surface area (TPSA) is 79.3 Å². The number of aliphatic hydroxyl groups excluding tert-OH is 1. The van der Waals surface area contributed by atoms with Crippen LogP contribution in [0.2, 0.25) is 0 Å². The van der Waals surface area contributed by atoms with Crippen LogP contribution in [-0.2, 0) is 10.2 Å². The predicted molar refractivity (Wildman–Crippen MR) is 85.9 cm³/mol. The fourth-order valence-electron chi connectivity index (χ4n) is 1.79. The number of methoxy groups -OCH3 is 1. The molecule has 120 valence electrons. The fraction of sp³-hybridized carbons (Fsp3) is 0.733.